The summed E-state index contributed by atoms with van der Waals surface area (Å²) in [7, 11) is 0. The van der Waals surface area contributed by atoms with E-state index in [9.17, 15) is 13.6 Å². The van der Waals surface area contributed by atoms with Gasteiger partial charge in [0.15, 0.2) is 5.65 Å². The Hall–Kier alpha value is -2.83. The van der Waals surface area contributed by atoms with Crippen LogP contribution in [0.5, 0.6) is 0 Å². The second kappa shape index (κ2) is 5.61. The lowest BCUT2D eigenvalue weighted by Crippen LogP contribution is -2.34. The van der Waals surface area contributed by atoms with Crippen molar-refractivity contribution in [1.29, 1.82) is 0 Å². The lowest BCUT2D eigenvalue weighted by atomic mass is 10.1. The molecule has 2 aromatic heterocycles. The molecule has 1 N–H and O–H groups in total. The molecular weight excluding hydrogens is 326 g/mol. The van der Waals surface area contributed by atoms with Crippen LogP contribution in [0.25, 0.3) is 16.9 Å². The van der Waals surface area contributed by atoms with Crippen molar-refractivity contribution in [1.82, 2.24) is 19.9 Å². The lowest BCUT2D eigenvalue weighted by Gasteiger charge is -2.11. The SMILES string of the molecule is CC1(NC(=O)c2cnn3c(C(F)F)cc(-c4ccccc4)nc23)CC1. The van der Waals surface area contributed by atoms with Crippen LogP contribution in [0.15, 0.2) is 42.6 Å². The molecule has 25 heavy (non-hydrogen) atoms. The highest BCUT2D eigenvalue weighted by molar-refractivity contribution is 6.00. The number of hydrogen-bond donors (Lipinski definition) is 1. The molecule has 1 amide bonds. The molecule has 0 aliphatic heterocycles. The number of alkyl halides is 2. The van der Waals surface area contributed by atoms with E-state index in [4.69, 9.17) is 0 Å². The number of amides is 1. The molecule has 2 heterocycles. The summed E-state index contributed by atoms with van der Waals surface area (Å²) in [5.41, 5.74) is 0.921. The first-order chi connectivity index (χ1) is 12.0. The van der Waals surface area contributed by atoms with Gasteiger partial charge >= 0.3 is 0 Å². The van der Waals surface area contributed by atoms with Crippen molar-refractivity contribution in [2.24, 2.45) is 0 Å². The van der Waals surface area contributed by atoms with E-state index in [2.05, 4.69) is 15.4 Å². The van der Waals surface area contributed by atoms with Crippen LogP contribution >= 0.6 is 0 Å². The molecule has 7 heteroatoms. The molecule has 1 aromatic carbocycles. The van der Waals surface area contributed by atoms with Crippen LogP contribution in [0.4, 0.5) is 8.78 Å². The first kappa shape index (κ1) is 15.7. The summed E-state index contributed by atoms with van der Waals surface area (Å²) in [5.74, 6) is -0.340. The third kappa shape index (κ3) is 2.86. The molecule has 0 bridgehead atoms. The van der Waals surface area contributed by atoms with E-state index in [0.29, 0.717) is 11.3 Å². The van der Waals surface area contributed by atoms with Gasteiger partial charge in [-0.1, -0.05) is 30.3 Å². The van der Waals surface area contributed by atoms with E-state index < -0.39 is 6.43 Å². The minimum atomic E-state index is -2.73. The number of carbonyl (C=O) groups excluding carboxylic acids is 1. The summed E-state index contributed by atoms with van der Waals surface area (Å²) in [6, 6.07) is 10.3. The largest absolute Gasteiger partial charge is 0.347 e. The van der Waals surface area contributed by atoms with Gasteiger partial charge in [-0.15, -0.1) is 0 Å². The molecule has 0 spiro atoms. The number of fused-ring (bicyclic) bond motifs is 1. The van der Waals surface area contributed by atoms with Gasteiger partial charge in [0.25, 0.3) is 12.3 Å². The van der Waals surface area contributed by atoms with Gasteiger partial charge in [-0.2, -0.15) is 5.10 Å². The smallest absolute Gasteiger partial charge is 0.280 e. The molecule has 0 atom stereocenters. The Bertz CT molecular complexity index is 948. The highest BCUT2D eigenvalue weighted by Crippen LogP contribution is 2.35. The Morgan fingerprint density at radius 2 is 2.00 bits per heavy atom. The maximum absolute atomic E-state index is 13.5. The zero-order valence-electron chi connectivity index (χ0n) is 13.5. The average Bonchev–Trinajstić information content (AvgIpc) is 3.17. The maximum Gasteiger partial charge on any atom is 0.280 e. The number of aromatic nitrogens is 3. The molecule has 1 aliphatic carbocycles. The molecule has 0 radical (unpaired) electrons. The fourth-order valence-corrected chi connectivity index (χ4v) is 2.71. The van der Waals surface area contributed by atoms with Crippen LogP contribution in [0.1, 0.15) is 42.2 Å². The van der Waals surface area contributed by atoms with E-state index in [1.54, 1.807) is 24.3 Å². The first-order valence-electron chi connectivity index (χ1n) is 8.02. The molecule has 0 saturated heterocycles. The van der Waals surface area contributed by atoms with Gasteiger partial charge in [0.05, 0.1) is 11.9 Å². The third-order valence-electron chi connectivity index (χ3n) is 4.45. The molecular formula is C18H16F2N4O. The van der Waals surface area contributed by atoms with Crippen molar-refractivity contribution in [2.75, 3.05) is 0 Å². The molecule has 5 nitrogen and oxygen atoms in total. The van der Waals surface area contributed by atoms with Crippen molar-refractivity contribution in [3.05, 3.63) is 53.9 Å². The van der Waals surface area contributed by atoms with Crippen molar-refractivity contribution in [2.45, 2.75) is 31.7 Å². The predicted octanol–water partition coefficient (Wildman–Crippen LogP) is 3.62. The molecule has 1 aliphatic rings. The average molecular weight is 342 g/mol. The molecule has 3 aromatic rings. The Morgan fingerprint density at radius 3 is 2.64 bits per heavy atom. The molecule has 4 rings (SSSR count). The number of hydrogen-bond acceptors (Lipinski definition) is 3. The van der Waals surface area contributed by atoms with Gasteiger partial charge in [-0.05, 0) is 25.8 Å². The zero-order chi connectivity index (χ0) is 17.6. The second-order valence-electron chi connectivity index (χ2n) is 6.54. The van der Waals surface area contributed by atoms with Crippen LogP contribution in [-0.4, -0.2) is 26.0 Å². The van der Waals surface area contributed by atoms with E-state index in [1.807, 2.05) is 13.0 Å². The normalized spacial score (nSPS) is 15.5. The molecule has 0 unspecified atom stereocenters. The fraction of sp³-hybridized carbons (Fsp3) is 0.278. The Labute approximate surface area is 142 Å². The van der Waals surface area contributed by atoms with E-state index in [0.717, 1.165) is 17.4 Å². The van der Waals surface area contributed by atoms with Crippen LogP contribution < -0.4 is 5.32 Å². The van der Waals surface area contributed by atoms with Crippen LogP contribution in [0, 0.1) is 0 Å². The van der Waals surface area contributed by atoms with Crippen molar-refractivity contribution in [3.63, 3.8) is 0 Å². The highest BCUT2D eigenvalue weighted by atomic mass is 19.3. The summed E-state index contributed by atoms with van der Waals surface area (Å²) in [6.45, 7) is 1.95. The van der Waals surface area contributed by atoms with Gasteiger partial charge < -0.3 is 5.32 Å². The van der Waals surface area contributed by atoms with Crippen molar-refractivity contribution < 1.29 is 13.6 Å². The number of nitrogens with one attached hydrogen (secondary N) is 1. The summed E-state index contributed by atoms with van der Waals surface area (Å²) < 4.78 is 28.0. The highest BCUT2D eigenvalue weighted by Gasteiger charge is 2.39. The summed E-state index contributed by atoms with van der Waals surface area (Å²) in [5, 5.41) is 6.87. The van der Waals surface area contributed by atoms with E-state index >= 15 is 0 Å². The zero-order valence-corrected chi connectivity index (χ0v) is 13.5. The number of halogens is 2. The van der Waals surface area contributed by atoms with Crippen molar-refractivity contribution in [3.8, 4) is 11.3 Å². The maximum atomic E-state index is 13.5. The standard InChI is InChI=1S/C18H16F2N4O/c1-18(7-8-18)23-17(25)12-10-21-24-14(15(19)20)9-13(22-16(12)24)11-5-3-2-4-6-11/h2-6,9-10,15H,7-8H2,1H3,(H,23,25). The van der Waals surface area contributed by atoms with Gasteiger partial charge in [-0.3, -0.25) is 4.79 Å². The summed E-state index contributed by atoms with van der Waals surface area (Å²) in [4.78, 5) is 16.9. The van der Waals surface area contributed by atoms with Crippen LogP contribution in [0.2, 0.25) is 0 Å². The van der Waals surface area contributed by atoms with Gasteiger partial charge in [0.2, 0.25) is 0 Å². The number of benzene rings is 1. The van der Waals surface area contributed by atoms with Gasteiger partial charge in [-0.25, -0.2) is 18.3 Å². The predicted molar refractivity (Wildman–Crippen MR) is 88.5 cm³/mol. The topological polar surface area (TPSA) is 59.3 Å². The monoisotopic (exact) mass is 342 g/mol. The van der Waals surface area contributed by atoms with Crippen LogP contribution in [0.3, 0.4) is 0 Å². The number of rotatable bonds is 4. The lowest BCUT2D eigenvalue weighted by molar-refractivity contribution is 0.0936. The van der Waals surface area contributed by atoms with E-state index in [-0.39, 0.29) is 28.4 Å². The molecule has 128 valence electrons. The summed E-state index contributed by atoms with van der Waals surface area (Å²) in [6.07, 6.45) is 0.375. The Morgan fingerprint density at radius 1 is 1.28 bits per heavy atom. The molecule has 1 fully saturated rings. The first-order valence-corrected chi connectivity index (χ1v) is 8.02. The third-order valence-corrected chi connectivity index (χ3v) is 4.45. The minimum absolute atomic E-state index is 0.137. The van der Waals surface area contributed by atoms with E-state index in [1.165, 1.54) is 12.3 Å². The minimum Gasteiger partial charge on any atom is -0.347 e. The fourth-order valence-electron chi connectivity index (χ4n) is 2.71. The Kier molecular flexibility index (Phi) is 3.52. The number of nitrogens with zero attached hydrogens (tertiary/aromatic N) is 3. The van der Waals surface area contributed by atoms with Crippen LogP contribution in [-0.2, 0) is 0 Å². The van der Waals surface area contributed by atoms with Crippen molar-refractivity contribution >= 4 is 11.6 Å². The summed E-state index contributed by atoms with van der Waals surface area (Å²) >= 11 is 0. The van der Waals surface area contributed by atoms with Gasteiger partial charge in [0, 0.05) is 11.1 Å². The molecule has 1 saturated carbocycles. The van der Waals surface area contributed by atoms with Gasteiger partial charge in [0.1, 0.15) is 11.3 Å². The Balaban J connectivity index is 1.86. The second-order valence-corrected chi connectivity index (χ2v) is 6.54. The number of carbonyl (C=O) groups is 1. The quantitative estimate of drug-likeness (QED) is 0.788.